The second-order valence-corrected chi connectivity index (χ2v) is 14.3. The number of rotatable bonds is 8. The molecule has 0 aliphatic carbocycles. The predicted octanol–water partition coefficient (Wildman–Crippen LogP) is 10.1. The lowest BCUT2D eigenvalue weighted by atomic mass is 9.94. The molecule has 246 valence electrons. The SMILES string of the molecule is Cc1cc(C)c(C)c(CN2CN(Cc3ccccc3CN3CN(Cc4c(C)c(C)cc(C)c4C)c4ccccc43)c3ccccc32)c1C. The van der Waals surface area contributed by atoms with Gasteiger partial charge in [0.1, 0.15) is 0 Å². The summed E-state index contributed by atoms with van der Waals surface area (Å²) in [5.41, 5.74) is 22.2. The van der Waals surface area contributed by atoms with Crippen molar-refractivity contribution in [3.05, 3.63) is 152 Å². The zero-order valence-corrected chi connectivity index (χ0v) is 30.1. The summed E-state index contributed by atoms with van der Waals surface area (Å²) in [6.07, 6.45) is 0. The molecule has 2 heterocycles. The van der Waals surface area contributed by atoms with Gasteiger partial charge in [0.15, 0.2) is 0 Å². The van der Waals surface area contributed by atoms with Gasteiger partial charge < -0.3 is 19.6 Å². The van der Waals surface area contributed by atoms with E-state index in [4.69, 9.17) is 0 Å². The Hall–Kier alpha value is -4.70. The molecule has 7 rings (SSSR count). The first-order chi connectivity index (χ1) is 23.1. The standard InChI is InChI=1S/C44H50N4/c1-29-21-30(2)34(6)39(33(29)5)25-47-27-45(41-17-11-13-19-43(41)47)23-37-15-9-10-16-38(37)24-46-28-48(44-20-14-12-18-42(44)46)26-40-35(7)31(3)22-32(4)36(40)8/h9-22H,23-28H2,1-8H3. The van der Waals surface area contributed by atoms with Gasteiger partial charge in [0.25, 0.3) is 0 Å². The molecule has 2 aliphatic rings. The van der Waals surface area contributed by atoms with Gasteiger partial charge in [-0.05, 0) is 146 Å². The molecule has 4 heteroatoms. The van der Waals surface area contributed by atoms with Gasteiger partial charge in [-0.1, -0.05) is 60.7 Å². The number of para-hydroxylation sites is 4. The molecule has 0 N–H and O–H groups in total. The van der Waals surface area contributed by atoms with E-state index in [1.54, 1.807) is 0 Å². The number of nitrogens with zero attached hydrogens (tertiary/aromatic N) is 4. The zero-order valence-electron chi connectivity index (χ0n) is 30.1. The van der Waals surface area contributed by atoms with Crippen molar-refractivity contribution in [1.82, 2.24) is 0 Å². The molecule has 0 amide bonds. The third-order valence-electron chi connectivity index (χ3n) is 11.4. The van der Waals surface area contributed by atoms with Crippen molar-refractivity contribution >= 4 is 22.7 Å². The summed E-state index contributed by atoms with van der Waals surface area (Å²) >= 11 is 0. The summed E-state index contributed by atoms with van der Waals surface area (Å²) in [4.78, 5) is 10.3. The normalized spacial score (nSPS) is 13.8. The summed E-state index contributed by atoms with van der Waals surface area (Å²) in [5.74, 6) is 0. The lowest BCUT2D eigenvalue weighted by Gasteiger charge is -2.27. The molecule has 0 radical (unpaired) electrons. The maximum absolute atomic E-state index is 2.57. The fourth-order valence-corrected chi connectivity index (χ4v) is 7.99. The second kappa shape index (κ2) is 12.7. The predicted molar refractivity (Wildman–Crippen MR) is 205 cm³/mol. The molecule has 0 spiro atoms. The summed E-state index contributed by atoms with van der Waals surface area (Å²) in [5, 5.41) is 0. The summed E-state index contributed by atoms with van der Waals surface area (Å²) < 4.78 is 0. The smallest absolute Gasteiger partial charge is 0.0911 e. The van der Waals surface area contributed by atoms with Crippen molar-refractivity contribution in [3.63, 3.8) is 0 Å². The van der Waals surface area contributed by atoms with E-state index in [1.807, 2.05) is 0 Å². The minimum absolute atomic E-state index is 0.883. The maximum Gasteiger partial charge on any atom is 0.0911 e. The van der Waals surface area contributed by atoms with E-state index in [1.165, 1.54) is 89.5 Å². The van der Waals surface area contributed by atoms with Crippen LogP contribution in [-0.4, -0.2) is 13.3 Å². The maximum atomic E-state index is 2.57. The molecule has 0 atom stereocenters. The number of hydrogen-bond donors (Lipinski definition) is 0. The van der Waals surface area contributed by atoms with E-state index >= 15 is 0 Å². The van der Waals surface area contributed by atoms with E-state index in [-0.39, 0.29) is 0 Å². The highest BCUT2D eigenvalue weighted by Gasteiger charge is 2.29. The van der Waals surface area contributed by atoms with Crippen LogP contribution < -0.4 is 19.6 Å². The van der Waals surface area contributed by atoms with Crippen LogP contribution in [0.15, 0.2) is 84.9 Å². The van der Waals surface area contributed by atoms with Crippen molar-refractivity contribution in [2.75, 3.05) is 32.9 Å². The van der Waals surface area contributed by atoms with Gasteiger partial charge in [-0.2, -0.15) is 0 Å². The molecule has 0 aromatic heterocycles. The van der Waals surface area contributed by atoms with Crippen LogP contribution >= 0.6 is 0 Å². The minimum atomic E-state index is 0.883. The summed E-state index contributed by atoms with van der Waals surface area (Å²) in [6, 6.07) is 31.7. The third-order valence-corrected chi connectivity index (χ3v) is 11.4. The Labute approximate surface area is 288 Å². The van der Waals surface area contributed by atoms with E-state index in [2.05, 4.69) is 160 Å². The Bertz CT molecular complexity index is 1810. The fourth-order valence-electron chi connectivity index (χ4n) is 7.99. The van der Waals surface area contributed by atoms with Crippen molar-refractivity contribution in [2.45, 2.75) is 81.6 Å². The Morgan fingerprint density at radius 3 is 0.958 bits per heavy atom. The van der Waals surface area contributed by atoms with Crippen molar-refractivity contribution < 1.29 is 0 Å². The topological polar surface area (TPSA) is 13.0 Å². The van der Waals surface area contributed by atoms with Crippen molar-refractivity contribution in [3.8, 4) is 0 Å². The Balaban J connectivity index is 1.14. The van der Waals surface area contributed by atoms with Crippen LogP contribution in [0.1, 0.15) is 66.8 Å². The summed E-state index contributed by atoms with van der Waals surface area (Å²) in [6.45, 7) is 23.5. The van der Waals surface area contributed by atoms with Gasteiger partial charge >= 0.3 is 0 Å². The van der Waals surface area contributed by atoms with Crippen LogP contribution in [0, 0.1) is 55.4 Å². The summed E-state index contributed by atoms with van der Waals surface area (Å²) in [7, 11) is 0. The van der Waals surface area contributed by atoms with E-state index in [0.717, 1.165) is 39.5 Å². The van der Waals surface area contributed by atoms with Crippen LogP contribution in [0.5, 0.6) is 0 Å². The second-order valence-electron chi connectivity index (χ2n) is 14.3. The van der Waals surface area contributed by atoms with Gasteiger partial charge in [0, 0.05) is 26.2 Å². The average Bonchev–Trinajstić information content (AvgIpc) is 3.61. The number of anilines is 4. The van der Waals surface area contributed by atoms with Gasteiger partial charge in [0.2, 0.25) is 0 Å². The van der Waals surface area contributed by atoms with Gasteiger partial charge in [-0.3, -0.25) is 0 Å². The quantitative estimate of drug-likeness (QED) is 0.168. The number of benzene rings is 5. The monoisotopic (exact) mass is 634 g/mol. The minimum Gasteiger partial charge on any atom is -0.348 e. The molecule has 0 saturated heterocycles. The first-order valence-electron chi connectivity index (χ1n) is 17.5. The molecule has 5 aromatic carbocycles. The number of aryl methyl sites for hydroxylation is 4. The third kappa shape index (κ3) is 5.72. The van der Waals surface area contributed by atoms with Gasteiger partial charge in [0.05, 0.1) is 36.1 Å². The Morgan fingerprint density at radius 2 is 0.646 bits per heavy atom. The largest absolute Gasteiger partial charge is 0.348 e. The van der Waals surface area contributed by atoms with Crippen molar-refractivity contribution in [2.24, 2.45) is 0 Å². The molecule has 0 unspecified atom stereocenters. The average molecular weight is 635 g/mol. The number of hydrogen-bond acceptors (Lipinski definition) is 4. The van der Waals surface area contributed by atoms with Crippen LogP contribution in [0.25, 0.3) is 0 Å². The van der Waals surface area contributed by atoms with Crippen molar-refractivity contribution in [1.29, 1.82) is 0 Å². The molecule has 0 fully saturated rings. The van der Waals surface area contributed by atoms with E-state index in [0.29, 0.717) is 0 Å². The molecule has 48 heavy (non-hydrogen) atoms. The van der Waals surface area contributed by atoms with Gasteiger partial charge in [-0.25, -0.2) is 0 Å². The van der Waals surface area contributed by atoms with Crippen LogP contribution in [-0.2, 0) is 26.2 Å². The lowest BCUT2D eigenvalue weighted by Crippen LogP contribution is -2.32. The van der Waals surface area contributed by atoms with Gasteiger partial charge in [-0.15, -0.1) is 0 Å². The van der Waals surface area contributed by atoms with Crippen LogP contribution in [0.2, 0.25) is 0 Å². The molecule has 0 bridgehead atoms. The van der Waals surface area contributed by atoms with E-state index < -0.39 is 0 Å². The Morgan fingerprint density at radius 1 is 0.375 bits per heavy atom. The highest BCUT2D eigenvalue weighted by atomic mass is 15.4. The molecule has 5 aromatic rings. The first-order valence-corrected chi connectivity index (χ1v) is 17.5. The molecule has 0 saturated carbocycles. The first kappa shape index (κ1) is 31.9. The van der Waals surface area contributed by atoms with Crippen LogP contribution in [0.3, 0.4) is 0 Å². The fraction of sp³-hybridized carbons (Fsp3) is 0.318. The number of fused-ring (bicyclic) bond motifs is 2. The van der Waals surface area contributed by atoms with Crippen LogP contribution in [0.4, 0.5) is 22.7 Å². The molecular weight excluding hydrogens is 585 g/mol. The molecule has 4 nitrogen and oxygen atoms in total. The highest BCUT2D eigenvalue weighted by molar-refractivity contribution is 5.78. The molecular formula is C44H50N4. The molecule has 2 aliphatic heterocycles. The van der Waals surface area contributed by atoms with E-state index in [9.17, 15) is 0 Å². The highest BCUT2D eigenvalue weighted by Crippen LogP contribution is 2.41. The Kier molecular flexibility index (Phi) is 8.45. The zero-order chi connectivity index (χ0) is 33.7. The lowest BCUT2D eigenvalue weighted by molar-refractivity contribution is 0.737.